The number of carbonyl (C=O) groups excluding carboxylic acids is 1. The molecule has 2 aromatic rings. The van der Waals surface area contributed by atoms with Gasteiger partial charge in [-0.3, -0.25) is 0 Å². The van der Waals surface area contributed by atoms with Gasteiger partial charge in [-0.1, -0.05) is 42.5 Å². The first-order valence-electron chi connectivity index (χ1n) is 7.76. The zero-order valence-electron chi connectivity index (χ0n) is 13.9. The van der Waals surface area contributed by atoms with Crippen molar-refractivity contribution in [2.45, 2.75) is 39.5 Å². The van der Waals surface area contributed by atoms with Gasteiger partial charge in [-0.15, -0.1) is 0 Å². The number of ether oxygens (including phenoxy) is 1. The van der Waals surface area contributed by atoms with Gasteiger partial charge in [0.05, 0.1) is 0 Å². The van der Waals surface area contributed by atoms with E-state index < -0.39 is 11.7 Å². The van der Waals surface area contributed by atoms with Gasteiger partial charge in [-0.2, -0.15) is 0 Å². The van der Waals surface area contributed by atoms with E-state index in [0.29, 0.717) is 6.54 Å². The van der Waals surface area contributed by atoms with Crippen LogP contribution in [0.5, 0.6) is 0 Å². The second kappa shape index (κ2) is 7.68. The largest absolute Gasteiger partial charge is 0.444 e. The van der Waals surface area contributed by atoms with E-state index in [4.69, 9.17) is 4.74 Å². The Morgan fingerprint density at radius 1 is 0.957 bits per heavy atom. The molecule has 0 unspecified atom stereocenters. The molecular weight excluding hydrogens is 288 g/mol. The fraction of sp³-hybridized carbons (Fsp3) is 0.316. The first-order chi connectivity index (χ1) is 10.9. The van der Waals surface area contributed by atoms with Crippen molar-refractivity contribution in [2.24, 2.45) is 0 Å². The molecule has 0 aromatic heterocycles. The number of nitrogens with one attached hydrogen (secondary N) is 2. The minimum absolute atomic E-state index is 0.403. The SMILES string of the molecule is CC(C)(C)OC(=O)NCc1cccc(NCc2ccccc2)c1. The molecule has 122 valence electrons. The van der Waals surface area contributed by atoms with E-state index >= 15 is 0 Å². The van der Waals surface area contributed by atoms with E-state index in [1.165, 1.54) is 5.56 Å². The maximum atomic E-state index is 11.7. The van der Waals surface area contributed by atoms with Crippen LogP contribution in [0.3, 0.4) is 0 Å². The molecule has 0 fully saturated rings. The van der Waals surface area contributed by atoms with E-state index in [2.05, 4.69) is 22.8 Å². The zero-order chi connectivity index (χ0) is 16.7. The summed E-state index contributed by atoms with van der Waals surface area (Å²) in [4.78, 5) is 11.7. The summed E-state index contributed by atoms with van der Waals surface area (Å²) in [7, 11) is 0. The third kappa shape index (κ3) is 6.43. The highest BCUT2D eigenvalue weighted by molar-refractivity contribution is 5.67. The van der Waals surface area contributed by atoms with Crippen LogP contribution in [-0.4, -0.2) is 11.7 Å². The number of carbonyl (C=O) groups is 1. The fourth-order valence-electron chi connectivity index (χ4n) is 2.08. The number of anilines is 1. The Morgan fingerprint density at radius 2 is 1.65 bits per heavy atom. The fourth-order valence-corrected chi connectivity index (χ4v) is 2.08. The predicted octanol–water partition coefficient (Wildman–Crippen LogP) is 4.32. The van der Waals surface area contributed by atoms with Gasteiger partial charge >= 0.3 is 6.09 Å². The van der Waals surface area contributed by atoms with Crippen molar-refractivity contribution in [3.8, 4) is 0 Å². The minimum Gasteiger partial charge on any atom is -0.444 e. The van der Waals surface area contributed by atoms with Crippen molar-refractivity contribution >= 4 is 11.8 Å². The van der Waals surface area contributed by atoms with Gasteiger partial charge in [0.2, 0.25) is 0 Å². The average molecular weight is 312 g/mol. The molecule has 0 atom stereocenters. The normalized spacial score (nSPS) is 10.9. The number of amides is 1. The Bertz CT molecular complexity index is 633. The highest BCUT2D eigenvalue weighted by Crippen LogP contribution is 2.13. The van der Waals surface area contributed by atoms with Gasteiger partial charge in [0.15, 0.2) is 0 Å². The molecule has 4 heteroatoms. The minimum atomic E-state index is -0.483. The molecule has 0 radical (unpaired) electrons. The maximum Gasteiger partial charge on any atom is 0.407 e. The number of hydrogen-bond acceptors (Lipinski definition) is 3. The number of hydrogen-bond donors (Lipinski definition) is 2. The van der Waals surface area contributed by atoms with Crippen LogP contribution in [0.25, 0.3) is 0 Å². The molecule has 2 rings (SSSR count). The summed E-state index contributed by atoms with van der Waals surface area (Å²) in [5.41, 5.74) is 2.79. The lowest BCUT2D eigenvalue weighted by Crippen LogP contribution is -2.32. The summed E-state index contributed by atoms with van der Waals surface area (Å²) < 4.78 is 5.23. The van der Waals surface area contributed by atoms with Crippen LogP contribution >= 0.6 is 0 Å². The van der Waals surface area contributed by atoms with Gasteiger partial charge in [-0.05, 0) is 44.0 Å². The lowest BCUT2D eigenvalue weighted by Gasteiger charge is -2.19. The molecule has 4 nitrogen and oxygen atoms in total. The number of benzene rings is 2. The Labute approximate surface area is 137 Å². The standard InChI is InChI=1S/C19H24N2O2/c1-19(2,3)23-18(22)21-14-16-10-7-11-17(12-16)20-13-15-8-5-4-6-9-15/h4-12,20H,13-14H2,1-3H3,(H,21,22). The molecule has 0 saturated heterocycles. The highest BCUT2D eigenvalue weighted by Gasteiger charge is 2.15. The molecule has 0 saturated carbocycles. The predicted molar refractivity (Wildman–Crippen MR) is 93.3 cm³/mol. The molecule has 2 N–H and O–H groups in total. The molecular formula is C19H24N2O2. The van der Waals surface area contributed by atoms with Crippen LogP contribution in [0.2, 0.25) is 0 Å². The van der Waals surface area contributed by atoms with Crippen LogP contribution in [0.1, 0.15) is 31.9 Å². The van der Waals surface area contributed by atoms with Crippen molar-refractivity contribution in [3.63, 3.8) is 0 Å². The van der Waals surface area contributed by atoms with Gasteiger partial charge < -0.3 is 15.4 Å². The van der Waals surface area contributed by atoms with Gasteiger partial charge in [0.25, 0.3) is 0 Å². The summed E-state index contributed by atoms with van der Waals surface area (Å²) in [5.74, 6) is 0. The monoisotopic (exact) mass is 312 g/mol. The van der Waals surface area contributed by atoms with Crippen LogP contribution in [-0.2, 0) is 17.8 Å². The second-order valence-electron chi connectivity index (χ2n) is 6.39. The Kier molecular flexibility index (Phi) is 5.63. The van der Waals surface area contributed by atoms with Crippen LogP contribution in [0.4, 0.5) is 10.5 Å². The van der Waals surface area contributed by atoms with E-state index in [9.17, 15) is 4.79 Å². The molecule has 0 aliphatic rings. The Balaban J connectivity index is 1.86. The second-order valence-corrected chi connectivity index (χ2v) is 6.39. The molecule has 1 amide bonds. The van der Waals surface area contributed by atoms with E-state index in [0.717, 1.165) is 17.8 Å². The van der Waals surface area contributed by atoms with Gasteiger partial charge in [0, 0.05) is 18.8 Å². The third-order valence-electron chi connectivity index (χ3n) is 3.10. The van der Waals surface area contributed by atoms with E-state index in [1.54, 1.807) is 0 Å². The van der Waals surface area contributed by atoms with E-state index in [1.807, 2.05) is 63.2 Å². The number of rotatable bonds is 5. The summed E-state index contributed by atoms with van der Waals surface area (Å²) in [6.07, 6.45) is -0.403. The average Bonchev–Trinajstić information content (AvgIpc) is 2.51. The summed E-state index contributed by atoms with van der Waals surface area (Å²) >= 11 is 0. The molecule has 23 heavy (non-hydrogen) atoms. The van der Waals surface area contributed by atoms with Crippen LogP contribution in [0, 0.1) is 0 Å². The highest BCUT2D eigenvalue weighted by atomic mass is 16.6. The van der Waals surface area contributed by atoms with E-state index in [-0.39, 0.29) is 0 Å². The zero-order valence-corrected chi connectivity index (χ0v) is 13.9. The third-order valence-corrected chi connectivity index (χ3v) is 3.10. The van der Waals surface area contributed by atoms with Crippen molar-refractivity contribution < 1.29 is 9.53 Å². The lowest BCUT2D eigenvalue weighted by atomic mass is 10.2. The smallest absolute Gasteiger partial charge is 0.407 e. The molecule has 0 bridgehead atoms. The Morgan fingerprint density at radius 3 is 2.35 bits per heavy atom. The van der Waals surface area contributed by atoms with Crippen molar-refractivity contribution in [1.82, 2.24) is 5.32 Å². The van der Waals surface area contributed by atoms with Gasteiger partial charge in [-0.25, -0.2) is 4.79 Å². The van der Waals surface area contributed by atoms with Crippen molar-refractivity contribution in [2.75, 3.05) is 5.32 Å². The van der Waals surface area contributed by atoms with Crippen LogP contribution < -0.4 is 10.6 Å². The number of alkyl carbamates (subject to hydrolysis) is 1. The van der Waals surface area contributed by atoms with Crippen molar-refractivity contribution in [3.05, 3.63) is 65.7 Å². The summed E-state index contributed by atoms with van der Waals surface area (Å²) in [6.45, 7) is 6.75. The molecule has 0 aliphatic carbocycles. The first-order valence-corrected chi connectivity index (χ1v) is 7.76. The summed E-state index contributed by atoms with van der Waals surface area (Å²) in [5, 5.41) is 6.15. The Hall–Kier alpha value is -2.49. The van der Waals surface area contributed by atoms with Gasteiger partial charge in [0.1, 0.15) is 5.60 Å². The molecule has 0 heterocycles. The molecule has 0 aliphatic heterocycles. The first kappa shape index (κ1) is 16.9. The summed E-state index contributed by atoms with van der Waals surface area (Å²) in [6, 6.07) is 18.2. The molecule has 0 spiro atoms. The van der Waals surface area contributed by atoms with Crippen molar-refractivity contribution in [1.29, 1.82) is 0 Å². The molecule has 2 aromatic carbocycles. The maximum absolute atomic E-state index is 11.7. The topological polar surface area (TPSA) is 50.4 Å². The van der Waals surface area contributed by atoms with Crippen LogP contribution in [0.15, 0.2) is 54.6 Å². The lowest BCUT2D eigenvalue weighted by molar-refractivity contribution is 0.0523. The quantitative estimate of drug-likeness (QED) is 0.864.